The molecule has 1 amide bonds. The van der Waals surface area contributed by atoms with E-state index in [1.165, 1.54) is 50.8 Å². The summed E-state index contributed by atoms with van der Waals surface area (Å²) in [5, 5.41) is 0. The molecule has 1 aliphatic carbocycles. The summed E-state index contributed by atoms with van der Waals surface area (Å²) >= 11 is 0. The van der Waals surface area contributed by atoms with Crippen LogP contribution in [0.15, 0.2) is 30.3 Å². The Morgan fingerprint density at radius 2 is 1.85 bits per heavy atom. The average molecular weight is 369 g/mol. The van der Waals surface area contributed by atoms with Crippen LogP contribution in [0.25, 0.3) is 0 Å². The summed E-state index contributed by atoms with van der Waals surface area (Å²) in [6, 6.07) is 11.1. The van der Waals surface area contributed by atoms with Crippen molar-refractivity contribution in [3.05, 3.63) is 35.9 Å². The van der Waals surface area contributed by atoms with E-state index in [0.29, 0.717) is 17.9 Å². The largest absolute Gasteiger partial charge is 0.339 e. The summed E-state index contributed by atoms with van der Waals surface area (Å²) in [4.78, 5) is 18.1. The highest BCUT2D eigenvalue weighted by Gasteiger charge is 2.40. The van der Waals surface area contributed by atoms with Gasteiger partial charge in [0.25, 0.3) is 0 Å². The quantitative estimate of drug-likeness (QED) is 0.856. The Hall–Kier alpha value is -1.43. The summed E-state index contributed by atoms with van der Waals surface area (Å²) in [5.41, 5.74) is 7.87. The summed E-state index contributed by atoms with van der Waals surface area (Å²) < 4.78 is 0. The number of amides is 1. The Balaban J connectivity index is 1.22. The average Bonchev–Trinajstić information content (AvgIpc) is 2.99. The molecule has 1 saturated carbocycles. The predicted octanol–water partition coefficient (Wildman–Crippen LogP) is 2.32. The number of rotatable bonds is 4. The second-order valence-electron chi connectivity index (χ2n) is 9.13. The molecule has 0 aromatic heterocycles. The first-order valence-electron chi connectivity index (χ1n) is 10.8. The van der Waals surface area contributed by atoms with Crippen LogP contribution in [0.5, 0.6) is 0 Å². The van der Waals surface area contributed by atoms with Gasteiger partial charge in [-0.3, -0.25) is 9.69 Å². The summed E-state index contributed by atoms with van der Waals surface area (Å²) in [5.74, 6) is 1.87. The highest BCUT2D eigenvalue weighted by Crippen LogP contribution is 2.33. The molecule has 4 atom stereocenters. The second kappa shape index (κ2) is 7.53. The minimum absolute atomic E-state index is 0.104. The van der Waals surface area contributed by atoms with Crippen molar-refractivity contribution in [2.45, 2.75) is 56.7 Å². The molecule has 2 N–H and O–H groups in total. The minimum Gasteiger partial charge on any atom is -0.339 e. The van der Waals surface area contributed by atoms with E-state index in [1.807, 2.05) is 6.07 Å². The third-order valence-corrected chi connectivity index (χ3v) is 7.26. The van der Waals surface area contributed by atoms with Crippen molar-refractivity contribution in [2.24, 2.45) is 11.8 Å². The summed E-state index contributed by atoms with van der Waals surface area (Å²) in [7, 11) is 0. The van der Waals surface area contributed by atoms with Crippen molar-refractivity contribution in [3.63, 3.8) is 0 Å². The maximum Gasteiger partial charge on any atom is 0.241 e. The predicted molar refractivity (Wildman–Crippen MR) is 106 cm³/mol. The van der Waals surface area contributed by atoms with Crippen LogP contribution in [-0.2, 0) is 4.79 Å². The lowest BCUT2D eigenvalue weighted by atomic mass is 9.83. The zero-order chi connectivity index (χ0) is 18.2. The molecule has 0 spiro atoms. The Bertz CT molecular complexity index is 662. The van der Waals surface area contributed by atoms with Gasteiger partial charge in [0, 0.05) is 38.3 Å². The molecular formula is C22H32N4O. The monoisotopic (exact) mass is 368 g/mol. The molecule has 4 aliphatic heterocycles. The van der Waals surface area contributed by atoms with Crippen LogP contribution in [0.3, 0.4) is 0 Å². The summed E-state index contributed by atoms with van der Waals surface area (Å²) in [6.07, 6.45) is 7.63. The van der Waals surface area contributed by atoms with E-state index in [4.69, 9.17) is 0 Å². The van der Waals surface area contributed by atoms with Gasteiger partial charge in [-0.2, -0.15) is 0 Å². The van der Waals surface area contributed by atoms with Gasteiger partial charge in [-0.15, -0.1) is 0 Å². The van der Waals surface area contributed by atoms with Crippen LogP contribution >= 0.6 is 0 Å². The van der Waals surface area contributed by atoms with Crippen molar-refractivity contribution < 1.29 is 4.79 Å². The number of benzene rings is 1. The lowest BCUT2D eigenvalue weighted by Crippen LogP contribution is -2.49. The van der Waals surface area contributed by atoms with Crippen molar-refractivity contribution in [3.8, 4) is 0 Å². The molecule has 2 bridgehead atoms. The van der Waals surface area contributed by atoms with Gasteiger partial charge in [0.2, 0.25) is 5.91 Å². The van der Waals surface area contributed by atoms with E-state index in [-0.39, 0.29) is 12.1 Å². The van der Waals surface area contributed by atoms with Crippen LogP contribution < -0.4 is 10.9 Å². The van der Waals surface area contributed by atoms with Gasteiger partial charge < -0.3 is 4.90 Å². The molecule has 2 unspecified atom stereocenters. The first kappa shape index (κ1) is 17.7. The number of hydrazine groups is 1. The van der Waals surface area contributed by atoms with Gasteiger partial charge in [0.1, 0.15) is 6.04 Å². The van der Waals surface area contributed by atoms with Crippen molar-refractivity contribution in [1.29, 1.82) is 0 Å². The van der Waals surface area contributed by atoms with Gasteiger partial charge >= 0.3 is 0 Å². The van der Waals surface area contributed by atoms with E-state index in [9.17, 15) is 4.79 Å². The molecule has 146 valence electrons. The van der Waals surface area contributed by atoms with Gasteiger partial charge in [0.15, 0.2) is 0 Å². The normalized spacial score (nSPS) is 34.4. The number of nitrogens with one attached hydrogen (secondary N) is 2. The van der Waals surface area contributed by atoms with Crippen LogP contribution in [0.1, 0.15) is 50.1 Å². The van der Waals surface area contributed by atoms with E-state index >= 15 is 0 Å². The number of carbonyl (C=O) groups is 1. The van der Waals surface area contributed by atoms with E-state index in [0.717, 1.165) is 25.4 Å². The molecule has 1 aromatic rings. The smallest absolute Gasteiger partial charge is 0.241 e. The SMILES string of the molecule is O=C(C1CC(c2ccccc2)NN1)N1C[C@H]2CC[C@@H](C1)N(CC1CCC1)C2. The highest BCUT2D eigenvalue weighted by molar-refractivity contribution is 5.82. The number of hydrogen-bond acceptors (Lipinski definition) is 4. The van der Waals surface area contributed by atoms with Crippen LogP contribution in [0, 0.1) is 11.8 Å². The van der Waals surface area contributed by atoms with Crippen molar-refractivity contribution in [2.75, 3.05) is 26.2 Å². The second-order valence-corrected chi connectivity index (χ2v) is 9.13. The molecule has 6 rings (SSSR count). The third-order valence-electron chi connectivity index (χ3n) is 7.26. The van der Waals surface area contributed by atoms with E-state index < -0.39 is 0 Å². The van der Waals surface area contributed by atoms with E-state index in [1.54, 1.807) is 0 Å². The van der Waals surface area contributed by atoms with Crippen LogP contribution in [0.2, 0.25) is 0 Å². The third kappa shape index (κ3) is 3.65. The maximum absolute atomic E-state index is 13.3. The van der Waals surface area contributed by atoms with Gasteiger partial charge in [0.05, 0.1) is 0 Å². The number of carbonyl (C=O) groups excluding carboxylic acids is 1. The van der Waals surface area contributed by atoms with E-state index in [2.05, 4.69) is 44.9 Å². The summed E-state index contributed by atoms with van der Waals surface area (Å²) in [6.45, 7) is 4.34. The lowest BCUT2D eigenvalue weighted by Gasteiger charge is -2.40. The van der Waals surface area contributed by atoms with Gasteiger partial charge in [-0.1, -0.05) is 36.8 Å². The Kier molecular flexibility index (Phi) is 4.92. The number of fused-ring (bicyclic) bond motifs is 4. The fraction of sp³-hybridized carbons (Fsp3) is 0.682. The van der Waals surface area contributed by atoms with Crippen LogP contribution in [-0.4, -0.2) is 54.0 Å². The molecule has 4 saturated heterocycles. The number of hydrogen-bond donors (Lipinski definition) is 2. The molecule has 4 heterocycles. The molecule has 5 nitrogen and oxygen atoms in total. The maximum atomic E-state index is 13.3. The zero-order valence-electron chi connectivity index (χ0n) is 16.1. The van der Waals surface area contributed by atoms with Crippen molar-refractivity contribution in [1.82, 2.24) is 20.7 Å². The molecule has 0 radical (unpaired) electrons. The fourth-order valence-electron chi connectivity index (χ4n) is 5.43. The van der Waals surface area contributed by atoms with Gasteiger partial charge in [-0.05, 0) is 49.5 Å². The number of nitrogens with zero attached hydrogens (tertiary/aromatic N) is 2. The number of piperidine rings is 1. The highest BCUT2D eigenvalue weighted by atomic mass is 16.2. The molecule has 5 heteroatoms. The molecule has 1 aromatic carbocycles. The Morgan fingerprint density at radius 3 is 2.63 bits per heavy atom. The lowest BCUT2D eigenvalue weighted by molar-refractivity contribution is -0.133. The molecule has 5 aliphatic rings. The fourth-order valence-corrected chi connectivity index (χ4v) is 5.43. The first-order chi connectivity index (χ1) is 13.3. The Labute approximate surface area is 162 Å². The first-order valence-corrected chi connectivity index (χ1v) is 10.8. The van der Waals surface area contributed by atoms with Crippen LogP contribution in [0.4, 0.5) is 0 Å². The topological polar surface area (TPSA) is 47.6 Å². The van der Waals surface area contributed by atoms with Gasteiger partial charge in [-0.25, -0.2) is 10.9 Å². The molecule has 27 heavy (non-hydrogen) atoms. The standard InChI is InChI=1S/C22H32N4O/c27-22(21-11-20(23-24-21)18-7-2-1-3-8-18)26-14-17-9-10-19(15-26)25(13-17)12-16-5-4-6-16/h1-3,7-8,16-17,19-21,23-24H,4-6,9-15H2/t17-,19-,20?,21?/m0/s1. The van der Waals surface area contributed by atoms with Crippen molar-refractivity contribution >= 4 is 5.91 Å². The molecular weight excluding hydrogens is 336 g/mol. The Morgan fingerprint density at radius 1 is 1.00 bits per heavy atom. The minimum atomic E-state index is -0.104. The zero-order valence-corrected chi connectivity index (χ0v) is 16.1. The molecule has 5 fully saturated rings.